The number of methoxy groups -OCH3 is 1. The summed E-state index contributed by atoms with van der Waals surface area (Å²) in [5.41, 5.74) is 0.930. The summed E-state index contributed by atoms with van der Waals surface area (Å²) in [5, 5.41) is 9.25. The number of carboxylic acids is 1. The number of carbonyl (C=O) groups is 1. The van der Waals surface area contributed by atoms with E-state index in [1.54, 1.807) is 7.11 Å². The van der Waals surface area contributed by atoms with Crippen LogP contribution in [0.15, 0.2) is 18.2 Å². The Morgan fingerprint density at radius 1 is 1.50 bits per heavy atom. The van der Waals surface area contributed by atoms with Crippen molar-refractivity contribution < 1.29 is 14.6 Å². The minimum absolute atomic E-state index is 0.185. The number of benzene rings is 1. The van der Waals surface area contributed by atoms with Crippen LogP contribution in [0, 0.1) is 0 Å². The molecule has 1 aromatic carbocycles. The van der Waals surface area contributed by atoms with Crippen LogP contribution in [0.5, 0.6) is 5.75 Å². The van der Waals surface area contributed by atoms with Gasteiger partial charge in [-0.3, -0.25) is 4.79 Å². The monoisotopic (exact) mass is 271 g/mol. The molecule has 0 fully saturated rings. The molecule has 0 atom stereocenters. The highest BCUT2D eigenvalue weighted by Gasteiger charge is 2.10. The maximum absolute atomic E-state index is 10.4. The van der Waals surface area contributed by atoms with Crippen LogP contribution in [0.3, 0.4) is 0 Å². The lowest BCUT2D eigenvalue weighted by Gasteiger charge is -2.18. The van der Waals surface area contributed by atoms with Crippen molar-refractivity contribution in [3.05, 3.63) is 28.8 Å². The van der Waals surface area contributed by atoms with Gasteiger partial charge < -0.3 is 14.7 Å². The van der Waals surface area contributed by atoms with Crippen molar-refractivity contribution in [1.29, 1.82) is 0 Å². The first-order valence-corrected chi connectivity index (χ1v) is 6.14. The predicted molar refractivity (Wildman–Crippen MR) is 71.2 cm³/mol. The van der Waals surface area contributed by atoms with E-state index < -0.39 is 5.97 Å². The zero-order chi connectivity index (χ0) is 13.5. The van der Waals surface area contributed by atoms with Crippen LogP contribution in [0.4, 0.5) is 0 Å². The molecule has 1 aromatic rings. The summed E-state index contributed by atoms with van der Waals surface area (Å²) in [6.45, 7) is 1.35. The second-order valence-electron chi connectivity index (χ2n) is 4.16. The highest BCUT2D eigenvalue weighted by Crippen LogP contribution is 2.27. The summed E-state index contributed by atoms with van der Waals surface area (Å²) >= 11 is 6.14. The molecule has 0 spiro atoms. The Hall–Kier alpha value is -1.26. The van der Waals surface area contributed by atoms with Gasteiger partial charge in [0, 0.05) is 23.6 Å². The molecule has 0 aromatic heterocycles. The summed E-state index contributed by atoms with van der Waals surface area (Å²) in [5.74, 6) is -0.00805. The molecule has 0 bridgehead atoms. The number of ether oxygens (including phenoxy) is 1. The van der Waals surface area contributed by atoms with Gasteiger partial charge in [-0.15, -0.1) is 0 Å². The number of carboxylic acid groups (broad SMARTS) is 1. The first-order chi connectivity index (χ1) is 8.54. The van der Waals surface area contributed by atoms with Crippen LogP contribution < -0.4 is 4.74 Å². The fourth-order valence-electron chi connectivity index (χ4n) is 1.73. The minimum Gasteiger partial charge on any atom is -0.496 e. The molecule has 0 unspecified atom stereocenters. The largest absolute Gasteiger partial charge is 0.496 e. The fourth-order valence-corrected chi connectivity index (χ4v) is 1.96. The van der Waals surface area contributed by atoms with Gasteiger partial charge in [-0.05, 0) is 32.1 Å². The van der Waals surface area contributed by atoms with Crippen molar-refractivity contribution in [2.75, 3.05) is 20.7 Å². The standard InChI is InChI=1S/C13H18ClNO3/c1-15(8-4-7-13(16)17)9-10-11(14)5-3-6-12(10)18-2/h3,5-6H,4,7-9H2,1-2H3,(H,16,17). The van der Waals surface area contributed by atoms with Crippen molar-refractivity contribution >= 4 is 17.6 Å². The zero-order valence-corrected chi connectivity index (χ0v) is 11.4. The van der Waals surface area contributed by atoms with Gasteiger partial charge in [0.2, 0.25) is 0 Å². The lowest BCUT2D eigenvalue weighted by Crippen LogP contribution is -2.20. The summed E-state index contributed by atoms with van der Waals surface area (Å²) in [7, 11) is 3.55. The number of aliphatic carboxylic acids is 1. The van der Waals surface area contributed by atoms with Crippen LogP contribution in [0.2, 0.25) is 5.02 Å². The van der Waals surface area contributed by atoms with Crippen LogP contribution in [0.25, 0.3) is 0 Å². The van der Waals surface area contributed by atoms with Gasteiger partial charge >= 0.3 is 5.97 Å². The van der Waals surface area contributed by atoms with Crippen LogP contribution in [-0.2, 0) is 11.3 Å². The van der Waals surface area contributed by atoms with E-state index in [4.69, 9.17) is 21.4 Å². The molecule has 18 heavy (non-hydrogen) atoms. The maximum Gasteiger partial charge on any atom is 0.303 e. The highest BCUT2D eigenvalue weighted by atomic mass is 35.5. The SMILES string of the molecule is COc1cccc(Cl)c1CN(C)CCCC(=O)O. The lowest BCUT2D eigenvalue weighted by molar-refractivity contribution is -0.137. The van der Waals surface area contributed by atoms with Gasteiger partial charge in [-0.1, -0.05) is 17.7 Å². The van der Waals surface area contributed by atoms with Crippen molar-refractivity contribution in [3.63, 3.8) is 0 Å². The molecule has 0 radical (unpaired) electrons. The van der Waals surface area contributed by atoms with Crippen molar-refractivity contribution in [2.24, 2.45) is 0 Å². The van der Waals surface area contributed by atoms with Crippen LogP contribution in [0.1, 0.15) is 18.4 Å². The summed E-state index contributed by atoms with van der Waals surface area (Å²) in [6, 6.07) is 5.53. The van der Waals surface area contributed by atoms with Crippen LogP contribution >= 0.6 is 11.6 Å². The van der Waals surface area contributed by atoms with Gasteiger partial charge in [0.25, 0.3) is 0 Å². The molecule has 0 heterocycles. The molecule has 0 aliphatic rings. The van der Waals surface area contributed by atoms with Crippen molar-refractivity contribution in [3.8, 4) is 5.75 Å². The number of rotatable bonds is 7. The van der Waals surface area contributed by atoms with E-state index in [2.05, 4.69) is 0 Å². The van der Waals surface area contributed by atoms with E-state index in [0.29, 0.717) is 24.5 Å². The zero-order valence-electron chi connectivity index (χ0n) is 10.6. The Bertz CT molecular complexity index is 409. The topological polar surface area (TPSA) is 49.8 Å². The molecule has 0 saturated carbocycles. The van der Waals surface area contributed by atoms with Gasteiger partial charge in [0.1, 0.15) is 5.75 Å². The first-order valence-electron chi connectivity index (χ1n) is 5.76. The second kappa shape index (κ2) is 7.24. The van der Waals surface area contributed by atoms with Gasteiger partial charge in [0.15, 0.2) is 0 Å². The molecule has 1 N–H and O–H groups in total. The number of nitrogens with zero attached hydrogens (tertiary/aromatic N) is 1. The minimum atomic E-state index is -0.765. The number of halogens is 1. The first kappa shape index (κ1) is 14.8. The molecule has 0 aliphatic heterocycles. The van der Waals surface area contributed by atoms with Gasteiger partial charge in [0.05, 0.1) is 7.11 Å². The van der Waals surface area contributed by atoms with Crippen molar-refractivity contribution in [1.82, 2.24) is 4.90 Å². The third-order valence-corrected chi connectivity index (χ3v) is 3.01. The average Bonchev–Trinajstić information content (AvgIpc) is 2.31. The molecule has 4 nitrogen and oxygen atoms in total. The molecule has 5 heteroatoms. The van der Waals surface area contributed by atoms with Crippen molar-refractivity contribution in [2.45, 2.75) is 19.4 Å². The Kier molecular flexibility index (Phi) is 5.95. The van der Waals surface area contributed by atoms with Gasteiger partial charge in [-0.25, -0.2) is 0 Å². The van der Waals surface area contributed by atoms with E-state index in [1.165, 1.54) is 0 Å². The normalized spacial score (nSPS) is 10.7. The van der Waals surface area contributed by atoms with E-state index in [9.17, 15) is 4.79 Å². The van der Waals surface area contributed by atoms with E-state index in [1.807, 2.05) is 30.1 Å². The summed E-state index contributed by atoms with van der Waals surface area (Å²) < 4.78 is 5.26. The lowest BCUT2D eigenvalue weighted by atomic mass is 10.2. The smallest absolute Gasteiger partial charge is 0.303 e. The Morgan fingerprint density at radius 2 is 2.22 bits per heavy atom. The third-order valence-electron chi connectivity index (χ3n) is 2.65. The molecule has 0 saturated heterocycles. The molecule has 1 rings (SSSR count). The quantitative estimate of drug-likeness (QED) is 0.828. The van der Waals surface area contributed by atoms with Crippen LogP contribution in [-0.4, -0.2) is 36.7 Å². The fraction of sp³-hybridized carbons (Fsp3) is 0.462. The average molecular weight is 272 g/mol. The molecule has 0 aliphatic carbocycles. The predicted octanol–water partition coefficient (Wildman–Crippen LogP) is 2.65. The molecular weight excluding hydrogens is 254 g/mol. The van der Waals surface area contributed by atoms with E-state index in [0.717, 1.165) is 11.3 Å². The van der Waals surface area contributed by atoms with E-state index >= 15 is 0 Å². The van der Waals surface area contributed by atoms with E-state index in [-0.39, 0.29) is 6.42 Å². The Morgan fingerprint density at radius 3 is 2.83 bits per heavy atom. The Balaban J connectivity index is 2.58. The second-order valence-corrected chi connectivity index (χ2v) is 4.56. The summed E-state index contributed by atoms with van der Waals surface area (Å²) in [6.07, 6.45) is 0.808. The number of hydrogen-bond donors (Lipinski definition) is 1. The molecular formula is C13H18ClNO3. The maximum atomic E-state index is 10.4. The molecule has 100 valence electrons. The summed E-state index contributed by atoms with van der Waals surface area (Å²) in [4.78, 5) is 12.5. The highest BCUT2D eigenvalue weighted by molar-refractivity contribution is 6.31. The molecule has 0 amide bonds. The Labute approximate surface area is 112 Å². The number of hydrogen-bond acceptors (Lipinski definition) is 3. The third kappa shape index (κ3) is 4.55. The van der Waals surface area contributed by atoms with Gasteiger partial charge in [-0.2, -0.15) is 0 Å².